The Bertz CT molecular complexity index is 827. The van der Waals surface area contributed by atoms with Crippen LogP contribution in [0, 0.1) is 30.4 Å². The summed E-state index contributed by atoms with van der Waals surface area (Å²) in [6.07, 6.45) is 0. The van der Waals surface area contributed by atoms with Crippen molar-refractivity contribution in [2.45, 2.75) is 6.92 Å². The van der Waals surface area contributed by atoms with Crippen LogP contribution in [0.25, 0.3) is 22.3 Å². The molecule has 0 spiro atoms. The van der Waals surface area contributed by atoms with Crippen LogP contribution in [0.2, 0.25) is 0 Å². The van der Waals surface area contributed by atoms with E-state index in [0.717, 1.165) is 5.56 Å². The average molecular weight is 383 g/mol. The van der Waals surface area contributed by atoms with Gasteiger partial charge in [-0.15, -0.1) is 6.07 Å². The van der Waals surface area contributed by atoms with Crippen molar-refractivity contribution in [3.63, 3.8) is 0 Å². The first-order valence-electron chi connectivity index (χ1n) is 6.79. The van der Waals surface area contributed by atoms with E-state index >= 15 is 0 Å². The Morgan fingerprint density at radius 2 is 1.39 bits per heavy atom. The zero-order valence-corrected chi connectivity index (χ0v) is 17.7. The summed E-state index contributed by atoms with van der Waals surface area (Å²) in [4.78, 5) is 0. The van der Waals surface area contributed by atoms with Gasteiger partial charge in [0, 0.05) is 11.4 Å². The number of halogens is 3. The summed E-state index contributed by atoms with van der Waals surface area (Å²) in [6.45, 7) is 1.82. The van der Waals surface area contributed by atoms with E-state index in [4.69, 9.17) is 0 Å². The summed E-state index contributed by atoms with van der Waals surface area (Å²) in [6, 6.07) is 16.6. The second-order valence-electron chi connectivity index (χ2n) is 5.08. The molecule has 110 valence electrons. The minimum Gasteiger partial charge on any atom is -0.281 e. The number of hydrogen-bond donors (Lipinski definition) is 0. The van der Waals surface area contributed by atoms with Crippen LogP contribution >= 0.6 is 0 Å². The van der Waals surface area contributed by atoms with Crippen LogP contribution in [0.15, 0.2) is 54.6 Å². The van der Waals surface area contributed by atoms with E-state index in [-0.39, 0.29) is 69.6 Å². The van der Waals surface area contributed by atoms with Crippen molar-refractivity contribution in [2.75, 3.05) is 0 Å². The van der Waals surface area contributed by atoms with E-state index in [1.54, 1.807) is 30.3 Å². The van der Waals surface area contributed by atoms with E-state index in [1.807, 2.05) is 13.0 Å². The molecule has 3 aromatic carbocycles. The van der Waals surface area contributed by atoms with Gasteiger partial charge in [0.1, 0.15) is 5.82 Å². The Balaban J connectivity index is 0.00000192. The fraction of sp³-hybridized carbons (Fsp3) is 0.0526. The number of benzene rings is 3. The third-order valence-electron chi connectivity index (χ3n) is 3.52. The van der Waals surface area contributed by atoms with E-state index in [0.29, 0.717) is 16.7 Å². The van der Waals surface area contributed by atoms with Gasteiger partial charge in [-0.25, -0.2) is 8.78 Å². The van der Waals surface area contributed by atoms with Gasteiger partial charge in [0.05, 0.1) is 5.82 Å². The normalized spacial score (nSPS) is 10.3. The second kappa shape index (κ2) is 7.89. The summed E-state index contributed by atoms with van der Waals surface area (Å²) in [5, 5.41) is 0. The topological polar surface area (TPSA) is 0 Å². The molecule has 0 amide bonds. The van der Waals surface area contributed by atoms with E-state index < -0.39 is 11.6 Å². The maximum atomic E-state index is 14.0. The van der Waals surface area contributed by atoms with Gasteiger partial charge in [-0.05, 0) is 29.7 Å². The Morgan fingerprint density at radius 1 is 0.783 bits per heavy atom. The molecule has 0 bridgehead atoms. The summed E-state index contributed by atoms with van der Waals surface area (Å²) in [5.41, 5.74) is 2.69. The monoisotopic (exact) mass is 382 g/mol. The van der Waals surface area contributed by atoms with Crippen LogP contribution < -0.4 is 58.2 Å². The van der Waals surface area contributed by atoms with Crippen LogP contribution in [-0.2, 0) is 0 Å². The fourth-order valence-corrected chi connectivity index (χ4v) is 2.36. The largest absolute Gasteiger partial charge is 1.00 e. The summed E-state index contributed by atoms with van der Waals surface area (Å²) < 4.78 is 40.9. The third-order valence-corrected chi connectivity index (χ3v) is 3.52. The van der Waals surface area contributed by atoms with Gasteiger partial charge in [0.25, 0.3) is 0 Å². The summed E-state index contributed by atoms with van der Waals surface area (Å²) in [5.74, 6) is -2.25. The molecule has 0 saturated carbocycles. The second-order valence-corrected chi connectivity index (χ2v) is 5.08. The van der Waals surface area contributed by atoms with Crippen LogP contribution in [0.3, 0.4) is 0 Å². The molecule has 3 rings (SSSR count). The third kappa shape index (κ3) is 4.02. The average Bonchev–Trinajstić information content (AvgIpc) is 2.50. The van der Waals surface area contributed by atoms with E-state index in [1.165, 1.54) is 18.2 Å². The zero-order chi connectivity index (χ0) is 15.7. The van der Waals surface area contributed by atoms with Crippen molar-refractivity contribution in [2.24, 2.45) is 0 Å². The smallest absolute Gasteiger partial charge is 0.281 e. The summed E-state index contributed by atoms with van der Waals surface area (Å²) in [7, 11) is 0. The van der Waals surface area contributed by atoms with E-state index in [9.17, 15) is 13.2 Å². The molecule has 0 aliphatic heterocycles. The molecule has 0 nitrogen and oxygen atoms in total. The molecule has 0 aliphatic rings. The van der Waals surface area contributed by atoms with Gasteiger partial charge in [0.15, 0.2) is 0 Å². The van der Waals surface area contributed by atoms with Gasteiger partial charge in [-0.1, -0.05) is 42.0 Å². The number of aryl methyl sites for hydroxylation is 1. The maximum Gasteiger partial charge on any atom is 1.00 e. The number of hydrogen-bond acceptors (Lipinski definition) is 0. The molecular weight excluding hydrogens is 371 g/mol. The maximum absolute atomic E-state index is 14.0. The molecule has 0 saturated heterocycles. The van der Waals surface area contributed by atoms with Gasteiger partial charge < -0.3 is 0 Å². The van der Waals surface area contributed by atoms with Crippen LogP contribution in [0.4, 0.5) is 13.2 Å². The standard InChI is InChI=1S/C19H12F3.Rb/c1-12-5-10-15(18(21)11-12)13-6-8-14(9-7-13)16-3-2-4-17(20)19(16)22;/h2-3,5-11H,1H3;/q-1;+1. The van der Waals surface area contributed by atoms with Gasteiger partial charge in [-0.2, -0.15) is 12.1 Å². The van der Waals surface area contributed by atoms with E-state index in [2.05, 4.69) is 6.07 Å². The zero-order valence-electron chi connectivity index (χ0n) is 12.8. The van der Waals surface area contributed by atoms with Crippen molar-refractivity contribution >= 4 is 0 Å². The quantitative estimate of drug-likeness (QED) is 0.598. The number of rotatable bonds is 2. The van der Waals surface area contributed by atoms with Gasteiger partial charge in [-0.3, -0.25) is 4.39 Å². The molecule has 23 heavy (non-hydrogen) atoms. The van der Waals surface area contributed by atoms with Crippen molar-refractivity contribution < 1.29 is 71.4 Å². The first kappa shape index (κ1) is 18.6. The van der Waals surface area contributed by atoms with Crippen LogP contribution in [0.1, 0.15) is 5.56 Å². The molecule has 0 aliphatic carbocycles. The van der Waals surface area contributed by atoms with Gasteiger partial charge >= 0.3 is 58.2 Å². The molecule has 4 heteroatoms. The van der Waals surface area contributed by atoms with Crippen LogP contribution in [0.5, 0.6) is 0 Å². The molecule has 0 heterocycles. The van der Waals surface area contributed by atoms with Crippen LogP contribution in [-0.4, -0.2) is 0 Å². The van der Waals surface area contributed by atoms with Crippen molar-refractivity contribution in [1.29, 1.82) is 0 Å². The first-order valence-corrected chi connectivity index (χ1v) is 6.79. The molecule has 0 radical (unpaired) electrons. The summed E-state index contributed by atoms with van der Waals surface area (Å²) >= 11 is 0. The molecule has 0 N–H and O–H groups in total. The van der Waals surface area contributed by atoms with Crippen molar-refractivity contribution in [3.8, 4) is 22.3 Å². The first-order chi connectivity index (χ1) is 10.6. The molecule has 0 fully saturated rings. The molecule has 3 aromatic rings. The Morgan fingerprint density at radius 3 is 2.00 bits per heavy atom. The molecule has 0 unspecified atom stereocenters. The predicted octanol–water partition coefficient (Wildman–Crippen LogP) is 2.55. The van der Waals surface area contributed by atoms with Gasteiger partial charge in [0.2, 0.25) is 0 Å². The fourth-order valence-electron chi connectivity index (χ4n) is 2.36. The Kier molecular flexibility index (Phi) is 6.37. The van der Waals surface area contributed by atoms with Crippen molar-refractivity contribution in [1.82, 2.24) is 0 Å². The predicted molar refractivity (Wildman–Crippen MR) is 80.8 cm³/mol. The minimum atomic E-state index is -1.01. The molecular formula is C19H12F3Rb. The van der Waals surface area contributed by atoms with Crippen molar-refractivity contribution in [3.05, 3.63) is 83.7 Å². The molecule has 0 atom stereocenters. The Labute approximate surface area is 182 Å². The SMILES string of the molecule is Cc1ccc(-c2ccc(-c3cc[c-]c(F)c3F)cc2)c(F)c1.[Rb+]. The molecule has 0 aromatic heterocycles. The Hall–Kier alpha value is -0.745. The minimum absolute atomic E-state index is 0.